The minimum Gasteiger partial charge on any atom is -0.481 e. The second-order valence-electron chi connectivity index (χ2n) is 9.19. The van der Waals surface area contributed by atoms with Gasteiger partial charge in [0.2, 0.25) is 10.0 Å². The fourth-order valence-corrected chi connectivity index (χ4v) is 5.08. The van der Waals surface area contributed by atoms with Crippen molar-refractivity contribution in [1.82, 2.24) is 14.6 Å². The van der Waals surface area contributed by atoms with Gasteiger partial charge in [0.05, 0.1) is 0 Å². The fourth-order valence-electron chi connectivity index (χ4n) is 3.15. The molecule has 2 heterocycles. The molecule has 0 spiro atoms. The summed E-state index contributed by atoms with van der Waals surface area (Å²) in [5, 5.41) is 4.49. The third kappa shape index (κ3) is 18.3. The van der Waals surface area contributed by atoms with Gasteiger partial charge in [-0.3, -0.25) is 9.55 Å². The summed E-state index contributed by atoms with van der Waals surface area (Å²) in [4.78, 5) is 41.7. The number of hydrogen-bond donors (Lipinski definition) is 3. The van der Waals surface area contributed by atoms with E-state index in [1.54, 1.807) is 18.2 Å². The first kappa shape index (κ1) is 38.8. The van der Waals surface area contributed by atoms with Crippen LogP contribution in [0.25, 0.3) is 0 Å². The molecule has 3 rings (SSSR count). The second-order valence-corrected chi connectivity index (χ2v) is 12.7. The summed E-state index contributed by atoms with van der Waals surface area (Å²) >= 11 is 0. The molecule has 0 unspecified atom stereocenters. The summed E-state index contributed by atoms with van der Waals surface area (Å²) in [6, 6.07) is 9.08. The Balaban J connectivity index is 0.000000700. The molecule has 15 heteroatoms. The number of rotatable bonds is 11. The number of aromatic nitrogens is 1. The van der Waals surface area contributed by atoms with Gasteiger partial charge in [-0.1, -0.05) is 31.5 Å². The summed E-state index contributed by atoms with van der Waals surface area (Å²) in [6.45, 7) is 8.54. The van der Waals surface area contributed by atoms with E-state index in [2.05, 4.69) is 28.3 Å². The van der Waals surface area contributed by atoms with Crippen LogP contribution in [0.2, 0.25) is 0 Å². The highest BCUT2D eigenvalue weighted by Crippen LogP contribution is 2.34. The van der Waals surface area contributed by atoms with Gasteiger partial charge in [0.25, 0.3) is 0 Å². The first-order valence-electron chi connectivity index (χ1n) is 13.0. The van der Waals surface area contributed by atoms with Crippen molar-refractivity contribution in [1.29, 1.82) is 0 Å². The SMILES string of the molecule is C#C.C1CCOC1.CC(C)CN(CCCNC(=O)N=O)S(=O)(=O)c1cccnc1.Cc1ccc(OCP(=O)(O)O)cc1. The summed E-state index contributed by atoms with van der Waals surface area (Å²) in [7, 11) is -7.69. The van der Waals surface area contributed by atoms with Crippen LogP contribution in [-0.2, 0) is 19.3 Å². The normalized spacial score (nSPS) is 12.5. The molecular formula is C27H41N4O9PS. The van der Waals surface area contributed by atoms with Crippen molar-refractivity contribution < 1.29 is 37.0 Å². The maximum Gasteiger partial charge on any atom is 0.378 e. The van der Waals surface area contributed by atoms with E-state index in [1.165, 1.54) is 35.6 Å². The van der Waals surface area contributed by atoms with Crippen LogP contribution in [0.15, 0.2) is 58.9 Å². The highest BCUT2D eigenvalue weighted by Gasteiger charge is 2.25. The van der Waals surface area contributed by atoms with E-state index < -0.39 is 30.0 Å². The Kier molecular flexibility index (Phi) is 19.9. The molecule has 42 heavy (non-hydrogen) atoms. The maximum absolute atomic E-state index is 12.6. The molecule has 1 aliphatic heterocycles. The second kappa shape index (κ2) is 21.5. The number of urea groups is 1. The molecule has 2 aromatic rings. The quantitative estimate of drug-likeness (QED) is 0.141. The van der Waals surface area contributed by atoms with E-state index in [1.807, 2.05) is 32.9 Å². The molecule has 1 saturated heterocycles. The lowest BCUT2D eigenvalue weighted by molar-refractivity contribution is 0.198. The summed E-state index contributed by atoms with van der Waals surface area (Å²) in [6.07, 6.45) is 13.2. The van der Waals surface area contributed by atoms with Crippen LogP contribution in [0, 0.1) is 30.6 Å². The standard InChI is InChI=1S/C13H20N4O4S.C8H11O4P.C4H8O.C2H2/c1-11(2)10-17(8-4-7-15-13(18)16-19)22(20,21)12-5-3-6-14-9-12;1-7-2-4-8(5-3-7)12-6-13(9,10)11;1-2-4-5-3-1;1-2/h3,5-6,9,11H,4,7-8,10H2,1-2H3,(H,15,18);2-5H,6H2,1H3,(H2,9,10,11);1-4H2;1-2H. The van der Waals surface area contributed by atoms with Gasteiger partial charge >= 0.3 is 13.6 Å². The Labute approximate surface area is 248 Å². The third-order valence-corrected chi connectivity index (χ3v) is 7.35. The minimum atomic E-state index is -4.07. The molecule has 0 bridgehead atoms. The smallest absolute Gasteiger partial charge is 0.378 e. The Morgan fingerprint density at radius 3 is 2.26 bits per heavy atom. The van der Waals surface area contributed by atoms with Gasteiger partial charge in [-0.2, -0.15) is 4.31 Å². The molecule has 2 amide bonds. The number of nitroso groups, excluding NO2 is 1. The Morgan fingerprint density at radius 1 is 1.19 bits per heavy atom. The van der Waals surface area contributed by atoms with Crippen molar-refractivity contribution in [3.8, 4) is 18.6 Å². The molecule has 0 aliphatic carbocycles. The van der Waals surface area contributed by atoms with Crippen LogP contribution in [0.1, 0.15) is 38.7 Å². The van der Waals surface area contributed by atoms with Crippen LogP contribution >= 0.6 is 7.60 Å². The lowest BCUT2D eigenvalue weighted by Gasteiger charge is -2.23. The number of sulfonamides is 1. The number of nitrogens with one attached hydrogen (secondary N) is 1. The van der Waals surface area contributed by atoms with E-state index in [-0.39, 0.29) is 23.9 Å². The minimum absolute atomic E-state index is 0.134. The predicted octanol–water partition coefficient (Wildman–Crippen LogP) is 4.15. The molecule has 0 atom stereocenters. The van der Waals surface area contributed by atoms with Gasteiger partial charge in [-0.15, -0.1) is 17.8 Å². The largest absolute Gasteiger partial charge is 0.481 e. The van der Waals surface area contributed by atoms with E-state index in [0.717, 1.165) is 18.8 Å². The summed E-state index contributed by atoms with van der Waals surface area (Å²) in [5.41, 5.74) is 1.07. The number of terminal acetylenes is 1. The van der Waals surface area contributed by atoms with Crippen molar-refractivity contribution in [2.75, 3.05) is 39.2 Å². The number of pyridine rings is 1. The molecular weight excluding hydrogens is 587 g/mol. The zero-order valence-electron chi connectivity index (χ0n) is 24.2. The number of carbonyl (C=O) groups excluding carboxylic acids is 1. The average molecular weight is 629 g/mol. The number of benzene rings is 1. The van der Waals surface area contributed by atoms with Gasteiger partial charge in [0, 0.05) is 50.4 Å². The van der Waals surface area contributed by atoms with Crippen LogP contribution in [0.4, 0.5) is 4.79 Å². The monoisotopic (exact) mass is 628 g/mol. The lowest BCUT2D eigenvalue weighted by atomic mass is 10.2. The Bertz CT molecular complexity index is 1190. The van der Waals surface area contributed by atoms with Crippen LogP contribution in [0.5, 0.6) is 5.75 Å². The number of nitrogens with zero attached hydrogens (tertiary/aromatic N) is 3. The first-order chi connectivity index (χ1) is 19.8. The molecule has 1 fully saturated rings. The molecule has 1 aromatic carbocycles. The van der Waals surface area contributed by atoms with Crippen LogP contribution < -0.4 is 10.1 Å². The number of amides is 2. The van der Waals surface area contributed by atoms with E-state index in [0.29, 0.717) is 18.7 Å². The van der Waals surface area contributed by atoms with E-state index in [9.17, 15) is 22.7 Å². The van der Waals surface area contributed by atoms with Gasteiger partial charge in [-0.05, 0) is 56.4 Å². The molecule has 1 aliphatic rings. The lowest BCUT2D eigenvalue weighted by Crippen LogP contribution is -2.36. The van der Waals surface area contributed by atoms with Crippen molar-refractivity contribution in [3.63, 3.8) is 0 Å². The average Bonchev–Trinajstić information content (AvgIpc) is 3.56. The predicted molar refractivity (Wildman–Crippen MR) is 160 cm³/mol. The third-order valence-electron chi connectivity index (χ3n) is 5.03. The number of carbonyl (C=O) groups is 1. The zero-order valence-corrected chi connectivity index (χ0v) is 25.9. The summed E-state index contributed by atoms with van der Waals surface area (Å²) < 4.78 is 46.8. The first-order valence-corrected chi connectivity index (χ1v) is 16.3. The molecule has 13 nitrogen and oxygen atoms in total. The van der Waals surface area contributed by atoms with Gasteiger partial charge in [0.15, 0.2) is 6.35 Å². The molecule has 1 aromatic heterocycles. The van der Waals surface area contributed by atoms with Crippen molar-refractivity contribution >= 4 is 23.7 Å². The molecule has 3 N–H and O–H groups in total. The summed E-state index contributed by atoms with van der Waals surface area (Å²) in [5.74, 6) is 0.617. The van der Waals surface area contributed by atoms with Gasteiger partial charge in [0.1, 0.15) is 10.6 Å². The van der Waals surface area contributed by atoms with Crippen molar-refractivity contribution in [3.05, 3.63) is 59.3 Å². The Morgan fingerprint density at radius 2 is 1.81 bits per heavy atom. The van der Waals surface area contributed by atoms with Gasteiger partial charge in [-0.25, -0.2) is 13.2 Å². The van der Waals surface area contributed by atoms with Crippen LogP contribution in [0.3, 0.4) is 0 Å². The maximum atomic E-state index is 12.6. The molecule has 234 valence electrons. The van der Waals surface area contributed by atoms with E-state index >= 15 is 0 Å². The topological polar surface area (TPSA) is 185 Å². The highest BCUT2D eigenvalue weighted by atomic mass is 32.2. The number of ether oxygens (including phenoxy) is 2. The Hall–Kier alpha value is -3.18. The molecule has 0 saturated carbocycles. The fraction of sp³-hybridized carbons (Fsp3) is 0.481. The van der Waals surface area contributed by atoms with Crippen LogP contribution in [-0.4, -0.2) is 72.7 Å². The van der Waals surface area contributed by atoms with Crippen molar-refractivity contribution in [2.45, 2.75) is 44.9 Å². The highest BCUT2D eigenvalue weighted by molar-refractivity contribution is 7.89. The number of hydrogen-bond acceptors (Lipinski definition) is 8. The number of aryl methyl sites for hydroxylation is 1. The zero-order chi connectivity index (χ0) is 32.0. The van der Waals surface area contributed by atoms with Gasteiger partial charge < -0.3 is 24.6 Å². The van der Waals surface area contributed by atoms with E-state index in [4.69, 9.17) is 19.3 Å². The molecule has 0 radical (unpaired) electrons. The van der Waals surface area contributed by atoms with Crippen molar-refractivity contribution in [2.24, 2.45) is 11.1 Å².